The Morgan fingerprint density at radius 3 is 2.35 bits per heavy atom. The van der Waals surface area contributed by atoms with E-state index >= 15 is 0 Å². The first-order valence-corrected chi connectivity index (χ1v) is 12.1. The lowest BCUT2D eigenvalue weighted by Crippen LogP contribution is -2.49. The first kappa shape index (κ1) is 21.7. The molecule has 2 aliphatic rings. The van der Waals surface area contributed by atoms with Crippen molar-refractivity contribution in [2.45, 2.75) is 24.2 Å². The van der Waals surface area contributed by atoms with Gasteiger partial charge in [-0.15, -0.1) is 0 Å². The Labute approximate surface area is 183 Å². The van der Waals surface area contributed by atoms with Gasteiger partial charge in [-0.1, -0.05) is 12.5 Å². The molecule has 0 bridgehead atoms. The van der Waals surface area contributed by atoms with E-state index in [0.717, 1.165) is 45.4 Å². The molecule has 3 heterocycles. The smallest absolute Gasteiger partial charge is 0.243 e. The number of nitrogens with one attached hydrogen (secondary N) is 1. The van der Waals surface area contributed by atoms with Gasteiger partial charge in [-0.25, -0.2) is 18.4 Å². The Hall–Kier alpha value is -2.56. The average Bonchev–Trinajstić information content (AvgIpc) is 2.81. The van der Waals surface area contributed by atoms with Gasteiger partial charge in [-0.2, -0.15) is 4.31 Å². The number of piperazine rings is 1. The van der Waals surface area contributed by atoms with Crippen LogP contribution in [-0.4, -0.2) is 79.3 Å². The highest BCUT2D eigenvalue weighted by molar-refractivity contribution is 7.89. The summed E-state index contributed by atoms with van der Waals surface area (Å²) in [7, 11) is -3.53. The highest BCUT2D eigenvalue weighted by Gasteiger charge is 2.26. The molecule has 0 atom stereocenters. The summed E-state index contributed by atoms with van der Waals surface area (Å²) in [5.41, 5.74) is 0.499. The fourth-order valence-electron chi connectivity index (χ4n) is 3.95. The molecule has 2 saturated heterocycles. The summed E-state index contributed by atoms with van der Waals surface area (Å²) >= 11 is 0. The van der Waals surface area contributed by atoms with Crippen molar-refractivity contribution in [3.8, 4) is 0 Å². The van der Waals surface area contributed by atoms with Crippen molar-refractivity contribution in [2.24, 2.45) is 0 Å². The topological polar surface area (TPSA) is 98.7 Å². The third kappa shape index (κ3) is 5.38. The second-order valence-corrected chi connectivity index (χ2v) is 9.79. The lowest BCUT2D eigenvalue weighted by Gasteiger charge is -2.34. The molecule has 1 N–H and O–H groups in total. The Balaban J connectivity index is 1.32. The van der Waals surface area contributed by atoms with Crippen LogP contribution in [0.2, 0.25) is 0 Å². The van der Waals surface area contributed by atoms with Crippen molar-refractivity contribution in [2.75, 3.05) is 56.0 Å². The Kier molecular flexibility index (Phi) is 6.79. The third-order valence-electron chi connectivity index (χ3n) is 5.65. The predicted octanol–water partition coefficient (Wildman–Crippen LogP) is 1.41. The molecule has 10 heteroatoms. The van der Waals surface area contributed by atoms with Crippen molar-refractivity contribution < 1.29 is 13.2 Å². The number of rotatable bonds is 6. The van der Waals surface area contributed by atoms with Gasteiger partial charge >= 0.3 is 0 Å². The molecule has 2 fully saturated rings. The molecular weight excluding hydrogens is 416 g/mol. The fraction of sp³-hybridized carbons (Fsp3) is 0.476. The summed E-state index contributed by atoms with van der Waals surface area (Å²) in [5.74, 6) is 0.551. The summed E-state index contributed by atoms with van der Waals surface area (Å²) < 4.78 is 27.3. The number of carbonyl (C=O) groups is 1. The van der Waals surface area contributed by atoms with Crippen LogP contribution in [0, 0.1) is 0 Å². The van der Waals surface area contributed by atoms with Gasteiger partial charge in [0.2, 0.25) is 21.9 Å². The number of anilines is 2. The number of benzene rings is 1. The van der Waals surface area contributed by atoms with E-state index in [1.54, 1.807) is 42.7 Å². The molecule has 1 aromatic carbocycles. The van der Waals surface area contributed by atoms with Gasteiger partial charge < -0.3 is 10.2 Å². The molecule has 0 spiro atoms. The number of piperidine rings is 1. The van der Waals surface area contributed by atoms with Crippen molar-refractivity contribution in [1.29, 1.82) is 0 Å². The quantitative estimate of drug-likeness (QED) is 0.719. The Morgan fingerprint density at radius 1 is 0.935 bits per heavy atom. The first-order valence-electron chi connectivity index (χ1n) is 10.7. The molecule has 9 nitrogen and oxygen atoms in total. The molecule has 0 aliphatic carbocycles. The molecule has 0 saturated carbocycles. The number of hydrogen-bond donors (Lipinski definition) is 1. The van der Waals surface area contributed by atoms with Crippen LogP contribution in [0.15, 0.2) is 47.6 Å². The van der Waals surface area contributed by atoms with Crippen LogP contribution in [0.5, 0.6) is 0 Å². The van der Waals surface area contributed by atoms with Crippen LogP contribution in [0.1, 0.15) is 19.3 Å². The normalized spacial score (nSPS) is 18.6. The molecule has 1 amide bonds. The maximum atomic E-state index is 12.9. The molecular formula is C21H28N6O3S. The number of aromatic nitrogens is 2. The van der Waals surface area contributed by atoms with E-state index in [4.69, 9.17) is 0 Å². The molecule has 31 heavy (non-hydrogen) atoms. The van der Waals surface area contributed by atoms with E-state index in [2.05, 4.69) is 25.1 Å². The zero-order valence-electron chi connectivity index (χ0n) is 17.5. The summed E-state index contributed by atoms with van der Waals surface area (Å²) in [4.78, 5) is 25.5. The number of carbonyl (C=O) groups excluding carboxylic acids is 1. The van der Waals surface area contributed by atoms with Crippen LogP contribution >= 0.6 is 0 Å². The van der Waals surface area contributed by atoms with Gasteiger partial charge in [-0.05, 0) is 37.1 Å². The Morgan fingerprint density at radius 2 is 1.65 bits per heavy atom. The molecule has 1 aromatic heterocycles. The fourth-order valence-corrected chi connectivity index (χ4v) is 5.52. The zero-order chi connectivity index (χ0) is 21.7. The maximum absolute atomic E-state index is 12.9. The first-order chi connectivity index (χ1) is 15.0. The monoisotopic (exact) mass is 444 g/mol. The minimum absolute atomic E-state index is 0.156. The van der Waals surface area contributed by atoms with Crippen molar-refractivity contribution in [3.63, 3.8) is 0 Å². The van der Waals surface area contributed by atoms with Gasteiger partial charge in [0, 0.05) is 57.3 Å². The van der Waals surface area contributed by atoms with Gasteiger partial charge in [0.15, 0.2) is 0 Å². The van der Waals surface area contributed by atoms with E-state index in [9.17, 15) is 13.2 Å². The van der Waals surface area contributed by atoms with E-state index < -0.39 is 10.0 Å². The number of sulfonamides is 1. The summed E-state index contributed by atoms with van der Waals surface area (Å²) in [6, 6.07) is 8.32. The molecule has 166 valence electrons. The van der Waals surface area contributed by atoms with E-state index in [-0.39, 0.29) is 17.3 Å². The van der Waals surface area contributed by atoms with E-state index in [1.165, 1.54) is 4.31 Å². The van der Waals surface area contributed by atoms with Gasteiger partial charge in [0.1, 0.15) is 0 Å². The van der Waals surface area contributed by atoms with Crippen LogP contribution in [0.4, 0.5) is 11.6 Å². The molecule has 2 aromatic rings. The summed E-state index contributed by atoms with van der Waals surface area (Å²) in [5, 5.41) is 2.85. The maximum Gasteiger partial charge on any atom is 0.243 e. The van der Waals surface area contributed by atoms with E-state index in [1.807, 2.05) is 0 Å². The van der Waals surface area contributed by atoms with Gasteiger partial charge in [0.05, 0.1) is 11.4 Å². The predicted molar refractivity (Wildman–Crippen MR) is 118 cm³/mol. The highest BCUT2D eigenvalue weighted by Crippen LogP contribution is 2.23. The Bertz CT molecular complexity index is 987. The van der Waals surface area contributed by atoms with Gasteiger partial charge in [-0.3, -0.25) is 9.69 Å². The summed E-state index contributed by atoms with van der Waals surface area (Å²) in [6.45, 7) is 4.33. The minimum atomic E-state index is -3.53. The standard InChI is InChI=1S/C21H28N6O3S/c28-20(17-25-12-14-26(15-13-25)21-22-8-5-9-23-21)24-18-6-4-7-19(16-18)31(29,30)27-10-2-1-3-11-27/h4-9,16H,1-3,10-15,17H2,(H,24,28). The van der Waals surface area contributed by atoms with E-state index in [0.29, 0.717) is 24.7 Å². The number of nitrogens with zero attached hydrogens (tertiary/aromatic N) is 5. The number of amides is 1. The molecule has 4 rings (SSSR count). The zero-order valence-corrected chi connectivity index (χ0v) is 18.3. The number of hydrogen-bond acceptors (Lipinski definition) is 7. The van der Waals surface area contributed by atoms with Crippen molar-refractivity contribution in [1.82, 2.24) is 19.2 Å². The lowest BCUT2D eigenvalue weighted by atomic mass is 10.2. The van der Waals surface area contributed by atoms with Crippen molar-refractivity contribution >= 4 is 27.6 Å². The van der Waals surface area contributed by atoms with Crippen LogP contribution in [-0.2, 0) is 14.8 Å². The van der Waals surface area contributed by atoms with Crippen LogP contribution < -0.4 is 10.2 Å². The van der Waals surface area contributed by atoms with Gasteiger partial charge in [0.25, 0.3) is 0 Å². The minimum Gasteiger partial charge on any atom is -0.338 e. The summed E-state index contributed by atoms with van der Waals surface area (Å²) in [6.07, 6.45) is 6.29. The van der Waals surface area contributed by atoms with Crippen LogP contribution in [0.25, 0.3) is 0 Å². The van der Waals surface area contributed by atoms with Crippen LogP contribution in [0.3, 0.4) is 0 Å². The molecule has 2 aliphatic heterocycles. The lowest BCUT2D eigenvalue weighted by molar-refractivity contribution is -0.117. The molecule has 0 unspecified atom stereocenters. The average molecular weight is 445 g/mol. The van der Waals surface area contributed by atoms with Crippen molar-refractivity contribution in [3.05, 3.63) is 42.7 Å². The largest absolute Gasteiger partial charge is 0.338 e. The second kappa shape index (κ2) is 9.71. The second-order valence-electron chi connectivity index (χ2n) is 7.85. The molecule has 0 radical (unpaired) electrons. The SMILES string of the molecule is O=C(CN1CCN(c2ncccn2)CC1)Nc1cccc(S(=O)(=O)N2CCCCC2)c1. The highest BCUT2D eigenvalue weighted by atomic mass is 32.2. The third-order valence-corrected chi connectivity index (χ3v) is 7.54.